The fraction of sp³-hybridized carbons (Fsp3) is 0.385. The van der Waals surface area contributed by atoms with Gasteiger partial charge in [0, 0.05) is 18.8 Å². The van der Waals surface area contributed by atoms with Crippen LogP contribution >= 0.6 is 11.8 Å². The third-order valence-corrected chi connectivity index (χ3v) is 4.04. The number of nitrogens with zero attached hydrogens (tertiary/aromatic N) is 2. The van der Waals surface area contributed by atoms with Crippen molar-refractivity contribution in [3.63, 3.8) is 0 Å². The SMILES string of the molecule is O=C1NC(=O)/C(=C\c2ccnc(NC3CCCNC3)n2)S1. The van der Waals surface area contributed by atoms with Crippen LogP contribution in [0, 0.1) is 0 Å². The van der Waals surface area contributed by atoms with Crippen molar-refractivity contribution in [3.8, 4) is 0 Å². The van der Waals surface area contributed by atoms with Gasteiger partial charge < -0.3 is 10.6 Å². The van der Waals surface area contributed by atoms with Gasteiger partial charge in [-0.3, -0.25) is 14.9 Å². The van der Waals surface area contributed by atoms with Crippen LogP contribution in [0.15, 0.2) is 17.2 Å². The van der Waals surface area contributed by atoms with E-state index in [1.54, 1.807) is 18.3 Å². The molecule has 3 rings (SSSR count). The maximum atomic E-state index is 11.5. The van der Waals surface area contributed by atoms with E-state index in [4.69, 9.17) is 0 Å². The number of piperidine rings is 1. The maximum Gasteiger partial charge on any atom is 0.290 e. The van der Waals surface area contributed by atoms with Crippen LogP contribution in [0.25, 0.3) is 6.08 Å². The average Bonchev–Trinajstić information content (AvgIpc) is 2.78. The zero-order valence-electron chi connectivity index (χ0n) is 11.3. The van der Waals surface area contributed by atoms with Crippen LogP contribution in [0.2, 0.25) is 0 Å². The number of carbonyl (C=O) groups is 2. The first kappa shape index (κ1) is 14.0. The Hall–Kier alpha value is -1.93. The molecule has 110 valence electrons. The maximum absolute atomic E-state index is 11.5. The van der Waals surface area contributed by atoms with Crippen LogP contribution in [0.4, 0.5) is 10.7 Å². The standard InChI is InChI=1S/C13H15N5O2S/c19-11-10(21-13(20)18-11)6-8-3-5-15-12(16-8)17-9-2-1-4-14-7-9/h3,5-6,9,14H,1-2,4,7H2,(H,15,16,17)(H,18,19,20)/b10-6+. The molecule has 0 aromatic carbocycles. The molecule has 1 unspecified atom stereocenters. The Kier molecular flexibility index (Phi) is 4.16. The number of aromatic nitrogens is 2. The van der Waals surface area contributed by atoms with Crippen LogP contribution in [0.3, 0.4) is 0 Å². The predicted octanol–water partition coefficient (Wildman–Crippen LogP) is 0.964. The van der Waals surface area contributed by atoms with Gasteiger partial charge in [-0.15, -0.1) is 0 Å². The van der Waals surface area contributed by atoms with Crippen molar-refractivity contribution in [2.75, 3.05) is 18.4 Å². The lowest BCUT2D eigenvalue weighted by Gasteiger charge is -2.23. The normalized spacial score (nSPS) is 24.2. The van der Waals surface area contributed by atoms with Gasteiger partial charge in [0.1, 0.15) is 0 Å². The molecule has 2 saturated heterocycles. The lowest BCUT2D eigenvalue weighted by Crippen LogP contribution is -2.38. The first-order chi connectivity index (χ1) is 10.2. The molecule has 7 nitrogen and oxygen atoms in total. The van der Waals surface area contributed by atoms with E-state index >= 15 is 0 Å². The summed E-state index contributed by atoms with van der Waals surface area (Å²) in [6.07, 6.45) is 5.43. The van der Waals surface area contributed by atoms with Crippen molar-refractivity contribution in [3.05, 3.63) is 22.9 Å². The number of amides is 2. The number of imide groups is 1. The summed E-state index contributed by atoms with van der Waals surface area (Å²) in [5.74, 6) is 0.155. The van der Waals surface area contributed by atoms with E-state index in [0.717, 1.165) is 37.7 Å². The Balaban J connectivity index is 1.72. The van der Waals surface area contributed by atoms with Gasteiger partial charge in [0.2, 0.25) is 5.95 Å². The van der Waals surface area contributed by atoms with Crippen molar-refractivity contribution in [2.45, 2.75) is 18.9 Å². The second-order valence-corrected chi connectivity index (χ2v) is 5.86. The van der Waals surface area contributed by atoms with Gasteiger partial charge >= 0.3 is 0 Å². The summed E-state index contributed by atoms with van der Waals surface area (Å²) in [4.78, 5) is 31.5. The molecule has 0 aliphatic carbocycles. The number of carbonyl (C=O) groups excluding carboxylic acids is 2. The molecule has 1 atom stereocenters. The molecule has 0 radical (unpaired) electrons. The molecule has 3 N–H and O–H groups in total. The number of hydrogen-bond acceptors (Lipinski definition) is 7. The van der Waals surface area contributed by atoms with Crippen LogP contribution in [0.1, 0.15) is 18.5 Å². The van der Waals surface area contributed by atoms with Gasteiger partial charge in [-0.2, -0.15) is 0 Å². The summed E-state index contributed by atoms with van der Waals surface area (Å²) in [5.41, 5.74) is 0.601. The fourth-order valence-corrected chi connectivity index (χ4v) is 2.90. The topological polar surface area (TPSA) is 96.0 Å². The van der Waals surface area contributed by atoms with Crippen LogP contribution in [-0.2, 0) is 4.79 Å². The largest absolute Gasteiger partial charge is 0.350 e. The highest BCUT2D eigenvalue weighted by Gasteiger charge is 2.25. The zero-order valence-corrected chi connectivity index (χ0v) is 12.1. The van der Waals surface area contributed by atoms with Crippen molar-refractivity contribution in [1.82, 2.24) is 20.6 Å². The van der Waals surface area contributed by atoms with E-state index < -0.39 is 0 Å². The van der Waals surface area contributed by atoms with Crippen LogP contribution in [-0.4, -0.2) is 40.2 Å². The molecule has 2 amide bonds. The van der Waals surface area contributed by atoms with Crippen LogP contribution in [0.5, 0.6) is 0 Å². The second kappa shape index (κ2) is 6.23. The third kappa shape index (κ3) is 3.59. The van der Waals surface area contributed by atoms with Gasteiger partial charge in [0.05, 0.1) is 10.6 Å². The molecule has 0 spiro atoms. The van der Waals surface area contributed by atoms with Crippen molar-refractivity contribution >= 4 is 34.9 Å². The summed E-state index contributed by atoms with van der Waals surface area (Å²) in [7, 11) is 0. The van der Waals surface area contributed by atoms with Gasteiger partial charge in [-0.25, -0.2) is 9.97 Å². The first-order valence-electron chi connectivity index (χ1n) is 6.76. The Morgan fingerprint density at radius 3 is 3.05 bits per heavy atom. The number of thioether (sulfide) groups is 1. The minimum absolute atomic E-state index is 0.312. The monoisotopic (exact) mass is 305 g/mol. The quantitative estimate of drug-likeness (QED) is 0.716. The minimum Gasteiger partial charge on any atom is -0.350 e. The average molecular weight is 305 g/mol. The summed E-state index contributed by atoms with van der Waals surface area (Å²) in [6.45, 7) is 1.94. The molecule has 2 fully saturated rings. The van der Waals surface area contributed by atoms with E-state index in [1.165, 1.54) is 0 Å². The number of hydrogen-bond donors (Lipinski definition) is 3. The molecule has 1 aromatic heterocycles. The van der Waals surface area contributed by atoms with Crippen molar-refractivity contribution in [2.24, 2.45) is 0 Å². The highest BCUT2D eigenvalue weighted by molar-refractivity contribution is 8.18. The fourth-order valence-electron chi connectivity index (χ4n) is 2.24. The van der Waals surface area contributed by atoms with E-state index in [-0.39, 0.29) is 11.1 Å². The molecule has 21 heavy (non-hydrogen) atoms. The number of anilines is 1. The minimum atomic E-state index is -0.380. The molecule has 3 heterocycles. The van der Waals surface area contributed by atoms with Gasteiger partial charge in [0.15, 0.2) is 0 Å². The van der Waals surface area contributed by atoms with Gasteiger partial charge in [-0.1, -0.05) is 0 Å². The third-order valence-electron chi connectivity index (χ3n) is 3.23. The first-order valence-corrected chi connectivity index (χ1v) is 7.57. The van der Waals surface area contributed by atoms with Crippen molar-refractivity contribution < 1.29 is 9.59 Å². The zero-order chi connectivity index (χ0) is 14.7. The summed E-state index contributed by atoms with van der Waals surface area (Å²) < 4.78 is 0. The Morgan fingerprint density at radius 1 is 1.43 bits per heavy atom. The molecule has 1 aromatic rings. The molecule has 0 saturated carbocycles. The molecule has 8 heteroatoms. The molecular formula is C13H15N5O2S. The van der Waals surface area contributed by atoms with E-state index in [0.29, 0.717) is 22.6 Å². The van der Waals surface area contributed by atoms with Gasteiger partial charge in [0.25, 0.3) is 11.1 Å². The second-order valence-electron chi connectivity index (χ2n) is 4.84. The predicted molar refractivity (Wildman–Crippen MR) is 80.7 cm³/mol. The summed E-state index contributed by atoms with van der Waals surface area (Å²) in [6, 6.07) is 2.01. The van der Waals surface area contributed by atoms with Gasteiger partial charge in [-0.05, 0) is 43.3 Å². The summed E-state index contributed by atoms with van der Waals surface area (Å²) >= 11 is 0.881. The lowest BCUT2D eigenvalue weighted by molar-refractivity contribution is -0.115. The molecule has 2 aliphatic heterocycles. The number of nitrogens with one attached hydrogen (secondary N) is 3. The van der Waals surface area contributed by atoms with E-state index in [2.05, 4.69) is 25.9 Å². The van der Waals surface area contributed by atoms with Crippen LogP contribution < -0.4 is 16.0 Å². The number of rotatable bonds is 3. The molecular weight excluding hydrogens is 290 g/mol. The smallest absolute Gasteiger partial charge is 0.290 e. The Bertz CT molecular complexity index is 598. The molecule has 0 bridgehead atoms. The Morgan fingerprint density at radius 2 is 2.33 bits per heavy atom. The molecule has 2 aliphatic rings. The highest BCUT2D eigenvalue weighted by atomic mass is 32.2. The summed E-state index contributed by atoms with van der Waals surface area (Å²) in [5, 5.41) is 8.46. The lowest BCUT2D eigenvalue weighted by atomic mass is 10.1. The highest BCUT2D eigenvalue weighted by Crippen LogP contribution is 2.25. The Labute approximate surface area is 126 Å². The van der Waals surface area contributed by atoms with E-state index in [9.17, 15) is 9.59 Å². The van der Waals surface area contributed by atoms with Crippen molar-refractivity contribution in [1.29, 1.82) is 0 Å². The van der Waals surface area contributed by atoms with E-state index in [1.807, 2.05) is 0 Å².